The van der Waals surface area contributed by atoms with Crippen molar-refractivity contribution in [1.29, 1.82) is 0 Å². The Morgan fingerprint density at radius 2 is 1.85 bits per heavy atom. The van der Waals surface area contributed by atoms with Gasteiger partial charge in [0.05, 0.1) is 5.69 Å². The van der Waals surface area contributed by atoms with Gasteiger partial charge in [0.1, 0.15) is 0 Å². The maximum Gasteiger partial charge on any atom is 0.188 e. The van der Waals surface area contributed by atoms with Gasteiger partial charge in [0.15, 0.2) is 10.8 Å². The molecule has 1 fully saturated rings. The molecule has 0 saturated carbocycles. The lowest BCUT2D eigenvalue weighted by atomic mass is 10.0. The van der Waals surface area contributed by atoms with Crippen LogP contribution < -0.4 is 10.2 Å². The minimum atomic E-state index is 0.599. The van der Waals surface area contributed by atoms with Gasteiger partial charge in [0, 0.05) is 55.6 Å². The maximum atomic E-state index is 4.67. The van der Waals surface area contributed by atoms with E-state index in [4.69, 9.17) is 0 Å². The third-order valence-electron chi connectivity index (χ3n) is 5.02. The molecule has 1 N–H and O–H groups in total. The molecule has 2 aromatic heterocycles. The average molecular weight is 380 g/mol. The fourth-order valence-corrected chi connectivity index (χ4v) is 4.23. The number of nitrogens with zero attached hydrogens (tertiary/aromatic N) is 4. The molecule has 1 saturated heterocycles. The summed E-state index contributed by atoms with van der Waals surface area (Å²) in [6.07, 6.45) is 6.84. The summed E-state index contributed by atoms with van der Waals surface area (Å²) in [5.41, 5.74) is 3.78. The lowest BCUT2D eigenvalue weighted by molar-refractivity contribution is 0.417. The molecule has 3 aromatic rings. The van der Waals surface area contributed by atoms with Gasteiger partial charge in [-0.3, -0.25) is 0 Å². The van der Waals surface area contributed by atoms with Gasteiger partial charge >= 0.3 is 0 Å². The fraction of sp³-hybridized carbons (Fsp3) is 0.381. The standard InChI is InChI=1S/C21H25N5S/c1-16-3-5-19(6-4-16)26-13-8-17(9-14-26)22-12-7-18-15-27-21(25-18)20-23-10-2-11-24-20/h2-6,10-11,15,17,22H,7-9,12-14H2,1H3. The van der Waals surface area contributed by atoms with Crippen molar-refractivity contribution in [2.45, 2.75) is 32.2 Å². The van der Waals surface area contributed by atoms with E-state index in [0.717, 1.165) is 36.8 Å². The molecule has 140 valence electrons. The number of piperidine rings is 1. The van der Waals surface area contributed by atoms with Crippen LogP contribution in [0.15, 0.2) is 48.1 Å². The molecular weight excluding hydrogens is 354 g/mol. The number of nitrogens with one attached hydrogen (secondary N) is 1. The molecule has 5 nitrogen and oxygen atoms in total. The van der Waals surface area contributed by atoms with Crippen molar-refractivity contribution in [2.24, 2.45) is 0 Å². The fourth-order valence-electron chi connectivity index (χ4n) is 3.44. The summed E-state index contributed by atoms with van der Waals surface area (Å²) >= 11 is 1.62. The number of aryl methyl sites for hydroxylation is 1. The van der Waals surface area contributed by atoms with Crippen LogP contribution in [0.25, 0.3) is 10.8 Å². The molecule has 0 bridgehead atoms. The van der Waals surface area contributed by atoms with Gasteiger partial charge in [-0.1, -0.05) is 17.7 Å². The second-order valence-electron chi connectivity index (χ2n) is 7.02. The molecule has 6 heteroatoms. The minimum Gasteiger partial charge on any atom is -0.371 e. The van der Waals surface area contributed by atoms with Crippen LogP contribution in [-0.2, 0) is 6.42 Å². The summed E-state index contributed by atoms with van der Waals surface area (Å²) in [6, 6.07) is 11.3. The normalized spacial score (nSPS) is 15.2. The first-order chi connectivity index (χ1) is 13.3. The molecule has 0 aliphatic carbocycles. The Labute approximate surface area is 164 Å². The smallest absolute Gasteiger partial charge is 0.188 e. The monoisotopic (exact) mass is 379 g/mol. The van der Waals surface area contributed by atoms with Gasteiger partial charge in [-0.2, -0.15) is 0 Å². The van der Waals surface area contributed by atoms with Gasteiger partial charge in [0.25, 0.3) is 0 Å². The van der Waals surface area contributed by atoms with Gasteiger partial charge in [-0.25, -0.2) is 15.0 Å². The summed E-state index contributed by atoms with van der Waals surface area (Å²) in [4.78, 5) is 15.7. The number of rotatable bonds is 6. The summed E-state index contributed by atoms with van der Waals surface area (Å²) in [5.74, 6) is 0.713. The van der Waals surface area contributed by atoms with E-state index < -0.39 is 0 Å². The summed E-state index contributed by atoms with van der Waals surface area (Å²) in [6.45, 7) is 5.34. The van der Waals surface area contributed by atoms with E-state index in [-0.39, 0.29) is 0 Å². The van der Waals surface area contributed by atoms with Crippen LogP contribution in [0.3, 0.4) is 0 Å². The first-order valence-corrected chi connectivity index (χ1v) is 10.4. The zero-order valence-corrected chi connectivity index (χ0v) is 16.5. The van der Waals surface area contributed by atoms with E-state index in [9.17, 15) is 0 Å². The molecule has 27 heavy (non-hydrogen) atoms. The molecule has 0 radical (unpaired) electrons. The highest BCUT2D eigenvalue weighted by atomic mass is 32.1. The van der Waals surface area contributed by atoms with Gasteiger partial charge in [0.2, 0.25) is 0 Å². The largest absolute Gasteiger partial charge is 0.371 e. The Bertz CT molecular complexity index is 839. The maximum absolute atomic E-state index is 4.67. The molecule has 1 aliphatic heterocycles. The summed E-state index contributed by atoms with van der Waals surface area (Å²) in [5, 5.41) is 6.73. The Balaban J connectivity index is 1.22. The first kappa shape index (κ1) is 18.1. The number of thiazole rings is 1. The van der Waals surface area contributed by atoms with Crippen molar-refractivity contribution in [3.8, 4) is 10.8 Å². The van der Waals surface area contributed by atoms with Crippen LogP contribution in [0.4, 0.5) is 5.69 Å². The molecule has 1 aromatic carbocycles. The van der Waals surface area contributed by atoms with Gasteiger partial charge in [-0.15, -0.1) is 11.3 Å². The van der Waals surface area contributed by atoms with Crippen LogP contribution in [0.5, 0.6) is 0 Å². The second-order valence-corrected chi connectivity index (χ2v) is 7.88. The highest BCUT2D eigenvalue weighted by molar-refractivity contribution is 7.13. The summed E-state index contributed by atoms with van der Waals surface area (Å²) in [7, 11) is 0. The first-order valence-electron chi connectivity index (χ1n) is 9.55. The summed E-state index contributed by atoms with van der Waals surface area (Å²) < 4.78 is 0. The number of benzene rings is 1. The lowest BCUT2D eigenvalue weighted by Crippen LogP contribution is -2.43. The number of aromatic nitrogens is 3. The van der Waals surface area contributed by atoms with Gasteiger partial charge in [-0.05, 0) is 38.0 Å². The predicted octanol–water partition coefficient (Wildman–Crippen LogP) is 3.71. The molecule has 1 aliphatic rings. The lowest BCUT2D eigenvalue weighted by Gasteiger charge is -2.34. The quantitative estimate of drug-likeness (QED) is 0.708. The van der Waals surface area contributed by atoms with Crippen LogP contribution in [-0.4, -0.2) is 40.6 Å². The number of anilines is 1. The molecule has 3 heterocycles. The zero-order valence-electron chi connectivity index (χ0n) is 15.6. The van der Waals surface area contributed by atoms with E-state index in [2.05, 4.69) is 61.7 Å². The van der Waals surface area contributed by atoms with Crippen molar-refractivity contribution >= 4 is 17.0 Å². The van der Waals surface area contributed by atoms with Crippen molar-refractivity contribution in [1.82, 2.24) is 20.3 Å². The third kappa shape index (κ3) is 4.70. The Morgan fingerprint density at radius 3 is 2.59 bits per heavy atom. The van der Waals surface area contributed by atoms with Crippen molar-refractivity contribution in [2.75, 3.05) is 24.5 Å². The van der Waals surface area contributed by atoms with Gasteiger partial charge < -0.3 is 10.2 Å². The zero-order chi connectivity index (χ0) is 18.5. The van der Waals surface area contributed by atoms with E-state index in [1.807, 2.05) is 6.07 Å². The minimum absolute atomic E-state index is 0.599. The predicted molar refractivity (Wildman–Crippen MR) is 111 cm³/mol. The average Bonchev–Trinajstić information content (AvgIpc) is 3.19. The van der Waals surface area contributed by atoms with Crippen LogP contribution >= 0.6 is 11.3 Å². The van der Waals surface area contributed by atoms with E-state index in [1.165, 1.54) is 24.1 Å². The highest BCUT2D eigenvalue weighted by Crippen LogP contribution is 2.21. The van der Waals surface area contributed by atoms with Crippen molar-refractivity contribution in [3.63, 3.8) is 0 Å². The van der Waals surface area contributed by atoms with Crippen LogP contribution in [0, 0.1) is 6.92 Å². The second kappa shape index (κ2) is 8.59. The molecular formula is C21H25N5S. The molecule has 0 unspecified atom stereocenters. The Hall–Kier alpha value is -2.31. The molecule has 0 spiro atoms. The Kier molecular flexibility index (Phi) is 5.75. The van der Waals surface area contributed by atoms with Crippen LogP contribution in [0.1, 0.15) is 24.1 Å². The van der Waals surface area contributed by atoms with E-state index >= 15 is 0 Å². The highest BCUT2D eigenvalue weighted by Gasteiger charge is 2.19. The number of hydrogen-bond donors (Lipinski definition) is 1. The van der Waals surface area contributed by atoms with E-state index in [0.29, 0.717) is 11.9 Å². The van der Waals surface area contributed by atoms with E-state index in [1.54, 1.807) is 23.7 Å². The Morgan fingerprint density at radius 1 is 1.11 bits per heavy atom. The SMILES string of the molecule is Cc1ccc(N2CCC(NCCc3csc(-c4ncccn4)n3)CC2)cc1. The van der Waals surface area contributed by atoms with Crippen LogP contribution in [0.2, 0.25) is 0 Å². The molecule has 0 atom stereocenters. The van der Waals surface area contributed by atoms with Crippen molar-refractivity contribution in [3.05, 3.63) is 59.4 Å². The molecule has 4 rings (SSSR count). The topological polar surface area (TPSA) is 53.9 Å². The molecule has 0 amide bonds. The number of hydrogen-bond acceptors (Lipinski definition) is 6. The van der Waals surface area contributed by atoms with Crippen molar-refractivity contribution < 1.29 is 0 Å². The third-order valence-corrected chi connectivity index (χ3v) is 5.90.